The SMILES string of the molecule is CCC1C(=O)c2c(cc(OCC(=O)O)c(C)c2C)C1C. The van der Waals surface area contributed by atoms with Crippen LogP contribution in [0.4, 0.5) is 0 Å². The van der Waals surface area contributed by atoms with Crippen LogP contribution in [-0.2, 0) is 4.79 Å². The van der Waals surface area contributed by atoms with Crippen LogP contribution in [0.3, 0.4) is 0 Å². The van der Waals surface area contributed by atoms with Crippen molar-refractivity contribution in [1.29, 1.82) is 0 Å². The molecule has 108 valence electrons. The van der Waals surface area contributed by atoms with Crippen LogP contribution in [0.5, 0.6) is 5.75 Å². The molecule has 0 radical (unpaired) electrons. The van der Waals surface area contributed by atoms with E-state index >= 15 is 0 Å². The lowest BCUT2D eigenvalue weighted by atomic mass is 9.92. The third-order valence-corrected chi connectivity index (χ3v) is 4.35. The van der Waals surface area contributed by atoms with Gasteiger partial charge in [-0.25, -0.2) is 4.79 Å². The Morgan fingerprint density at radius 1 is 1.35 bits per heavy atom. The molecule has 0 aliphatic heterocycles. The molecule has 4 heteroatoms. The van der Waals surface area contributed by atoms with Crippen molar-refractivity contribution in [3.8, 4) is 5.75 Å². The fourth-order valence-electron chi connectivity index (χ4n) is 3.05. The zero-order valence-corrected chi connectivity index (χ0v) is 12.3. The first-order valence-corrected chi connectivity index (χ1v) is 6.91. The maximum Gasteiger partial charge on any atom is 0.341 e. The highest BCUT2D eigenvalue weighted by Crippen LogP contribution is 2.43. The second kappa shape index (κ2) is 5.27. The van der Waals surface area contributed by atoms with Gasteiger partial charge in [0.2, 0.25) is 0 Å². The van der Waals surface area contributed by atoms with Crippen molar-refractivity contribution >= 4 is 11.8 Å². The highest BCUT2D eigenvalue weighted by molar-refractivity contribution is 6.04. The number of ether oxygens (including phenoxy) is 1. The summed E-state index contributed by atoms with van der Waals surface area (Å²) in [5.41, 5.74) is 3.56. The van der Waals surface area contributed by atoms with Crippen LogP contribution >= 0.6 is 0 Å². The minimum atomic E-state index is -1.00. The lowest BCUT2D eigenvalue weighted by Gasteiger charge is -2.15. The first kappa shape index (κ1) is 14.6. The van der Waals surface area contributed by atoms with Gasteiger partial charge in [0.1, 0.15) is 5.75 Å². The minimum Gasteiger partial charge on any atom is -0.482 e. The Labute approximate surface area is 118 Å². The average Bonchev–Trinajstić information content (AvgIpc) is 2.63. The third kappa shape index (κ3) is 2.19. The summed E-state index contributed by atoms with van der Waals surface area (Å²) >= 11 is 0. The number of carbonyl (C=O) groups excluding carboxylic acids is 1. The second-order valence-corrected chi connectivity index (χ2v) is 5.44. The molecule has 4 nitrogen and oxygen atoms in total. The highest BCUT2D eigenvalue weighted by atomic mass is 16.5. The van der Waals surface area contributed by atoms with E-state index in [1.165, 1.54) is 0 Å². The number of ketones is 1. The number of Topliss-reactive ketones (excluding diaryl/α,β-unsaturated/α-hetero) is 1. The van der Waals surface area contributed by atoms with Crippen molar-refractivity contribution in [1.82, 2.24) is 0 Å². The molecule has 1 aromatic carbocycles. The Bertz CT molecular complexity index is 574. The number of carboxylic acid groups (broad SMARTS) is 1. The van der Waals surface area contributed by atoms with Crippen molar-refractivity contribution in [2.45, 2.75) is 40.0 Å². The summed E-state index contributed by atoms with van der Waals surface area (Å²) in [6, 6.07) is 1.85. The van der Waals surface area contributed by atoms with Gasteiger partial charge in [-0.3, -0.25) is 4.79 Å². The van der Waals surface area contributed by atoms with E-state index < -0.39 is 5.97 Å². The monoisotopic (exact) mass is 276 g/mol. The smallest absolute Gasteiger partial charge is 0.341 e. The normalized spacial score (nSPS) is 20.9. The molecule has 1 aliphatic rings. The molecule has 0 heterocycles. The molecule has 0 bridgehead atoms. The van der Waals surface area contributed by atoms with Gasteiger partial charge >= 0.3 is 5.97 Å². The van der Waals surface area contributed by atoms with Crippen LogP contribution in [0, 0.1) is 19.8 Å². The van der Waals surface area contributed by atoms with Crippen LogP contribution in [0.25, 0.3) is 0 Å². The van der Waals surface area contributed by atoms with Gasteiger partial charge in [0.25, 0.3) is 0 Å². The van der Waals surface area contributed by atoms with E-state index in [2.05, 4.69) is 0 Å². The van der Waals surface area contributed by atoms with Crippen molar-refractivity contribution in [2.24, 2.45) is 5.92 Å². The molecule has 0 spiro atoms. The molecule has 0 aromatic heterocycles. The van der Waals surface area contributed by atoms with E-state index in [-0.39, 0.29) is 24.2 Å². The summed E-state index contributed by atoms with van der Waals surface area (Å²) in [6.07, 6.45) is 0.818. The van der Waals surface area contributed by atoms with Gasteiger partial charge in [0.15, 0.2) is 12.4 Å². The van der Waals surface area contributed by atoms with Crippen LogP contribution in [0.15, 0.2) is 6.07 Å². The van der Waals surface area contributed by atoms with E-state index in [0.29, 0.717) is 5.75 Å². The molecular formula is C16H20O4. The van der Waals surface area contributed by atoms with E-state index in [9.17, 15) is 9.59 Å². The summed E-state index contributed by atoms with van der Waals surface area (Å²) in [5, 5.41) is 8.72. The zero-order valence-electron chi connectivity index (χ0n) is 12.3. The maximum absolute atomic E-state index is 12.5. The number of hydrogen-bond donors (Lipinski definition) is 1. The van der Waals surface area contributed by atoms with Crippen molar-refractivity contribution in [3.63, 3.8) is 0 Å². The molecule has 2 unspecified atom stereocenters. The van der Waals surface area contributed by atoms with Gasteiger partial charge in [-0.05, 0) is 48.9 Å². The maximum atomic E-state index is 12.5. The van der Waals surface area contributed by atoms with Gasteiger partial charge in [-0.1, -0.05) is 13.8 Å². The summed E-state index contributed by atoms with van der Waals surface area (Å²) in [7, 11) is 0. The van der Waals surface area contributed by atoms with Crippen molar-refractivity contribution in [3.05, 3.63) is 28.3 Å². The minimum absolute atomic E-state index is 0.0258. The molecule has 2 rings (SSSR count). The molecule has 0 fully saturated rings. The third-order valence-electron chi connectivity index (χ3n) is 4.35. The number of hydrogen-bond acceptors (Lipinski definition) is 3. The molecule has 0 saturated carbocycles. The van der Waals surface area contributed by atoms with Gasteiger partial charge in [-0.2, -0.15) is 0 Å². The summed E-state index contributed by atoms with van der Waals surface area (Å²) < 4.78 is 5.35. The quantitative estimate of drug-likeness (QED) is 0.917. The van der Waals surface area contributed by atoms with Crippen molar-refractivity contribution < 1.29 is 19.4 Å². The Morgan fingerprint density at radius 2 is 2.00 bits per heavy atom. The lowest BCUT2D eigenvalue weighted by Crippen LogP contribution is -2.11. The number of fused-ring (bicyclic) bond motifs is 1. The Morgan fingerprint density at radius 3 is 2.55 bits per heavy atom. The highest BCUT2D eigenvalue weighted by Gasteiger charge is 2.37. The topological polar surface area (TPSA) is 63.6 Å². The second-order valence-electron chi connectivity index (χ2n) is 5.44. The largest absolute Gasteiger partial charge is 0.482 e. The van der Waals surface area contributed by atoms with Crippen LogP contribution in [0.1, 0.15) is 53.2 Å². The van der Waals surface area contributed by atoms with Gasteiger partial charge in [0, 0.05) is 11.5 Å². The van der Waals surface area contributed by atoms with E-state index in [0.717, 1.165) is 28.7 Å². The fraction of sp³-hybridized carbons (Fsp3) is 0.500. The van der Waals surface area contributed by atoms with Crippen molar-refractivity contribution in [2.75, 3.05) is 6.61 Å². The molecule has 2 atom stereocenters. The Hall–Kier alpha value is -1.84. The lowest BCUT2D eigenvalue weighted by molar-refractivity contribution is -0.139. The van der Waals surface area contributed by atoms with Crippen LogP contribution in [-0.4, -0.2) is 23.5 Å². The summed E-state index contributed by atoms with van der Waals surface area (Å²) in [4.78, 5) is 23.1. The van der Waals surface area contributed by atoms with E-state index in [4.69, 9.17) is 9.84 Å². The molecular weight excluding hydrogens is 256 g/mol. The standard InChI is InChI=1S/C16H20O4/c1-5-11-10(4)12-6-13(20-7-14(17)18)8(2)9(3)15(12)16(11)19/h6,10-11H,5,7H2,1-4H3,(H,17,18). The Balaban J connectivity index is 2.48. The summed E-state index contributed by atoms with van der Waals surface area (Å²) in [5.74, 6) is -0.0367. The zero-order chi connectivity index (χ0) is 15.0. The van der Waals surface area contributed by atoms with Gasteiger partial charge < -0.3 is 9.84 Å². The Kier molecular flexibility index (Phi) is 3.84. The van der Waals surface area contributed by atoms with Gasteiger partial charge in [-0.15, -0.1) is 0 Å². The molecule has 1 aliphatic carbocycles. The van der Waals surface area contributed by atoms with Crippen LogP contribution < -0.4 is 4.74 Å². The fourth-order valence-corrected chi connectivity index (χ4v) is 3.05. The summed E-state index contributed by atoms with van der Waals surface area (Å²) in [6.45, 7) is 7.48. The number of carbonyl (C=O) groups is 2. The predicted molar refractivity (Wildman–Crippen MR) is 75.6 cm³/mol. The molecule has 1 aromatic rings. The first-order valence-electron chi connectivity index (χ1n) is 6.91. The molecule has 1 N–H and O–H groups in total. The number of aliphatic carboxylic acids is 1. The average molecular weight is 276 g/mol. The predicted octanol–water partition coefficient (Wildman–Crippen LogP) is 3.09. The molecule has 0 saturated heterocycles. The molecule has 20 heavy (non-hydrogen) atoms. The van der Waals surface area contributed by atoms with E-state index in [1.54, 1.807) is 0 Å². The van der Waals surface area contributed by atoms with E-state index in [1.807, 2.05) is 33.8 Å². The van der Waals surface area contributed by atoms with Gasteiger partial charge in [0.05, 0.1) is 0 Å². The number of carboxylic acids is 1. The van der Waals surface area contributed by atoms with Crippen LogP contribution in [0.2, 0.25) is 0 Å². The molecule has 0 amide bonds. The first-order chi connectivity index (χ1) is 9.38. The number of benzene rings is 1. The number of rotatable bonds is 4.